The molecule has 31 heavy (non-hydrogen) atoms. The Morgan fingerprint density at radius 1 is 1.26 bits per heavy atom. The minimum atomic E-state index is 0.144. The average molecular weight is 410 g/mol. The van der Waals surface area contributed by atoms with Crippen LogP contribution in [0.5, 0.6) is 0 Å². The molecule has 1 aromatic carbocycles. The van der Waals surface area contributed by atoms with E-state index in [2.05, 4.69) is 37.8 Å². The first kappa shape index (κ1) is 19.1. The second-order valence-corrected chi connectivity index (χ2v) is 7.91. The molecule has 1 fully saturated rings. The minimum Gasteiger partial charge on any atom is -0.383 e. The number of nitrogens with one attached hydrogen (secondary N) is 1. The molecule has 3 aromatic heterocycles. The lowest BCUT2D eigenvalue weighted by Crippen LogP contribution is -2.20. The van der Waals surface area contributed by atoms with Crippen molar-refractivity contribution in [1.82, 2.24) is 29.6 Å². The van der Waals surface area contributed by atoms with Crippen molar-refractivity contribution in [3.63, 3.8) is 0 Å². The molecule has 4 aromatic rings. The number of hydrogen-bond acceptors (Lipinski definition) is 6. The third-order valence-electron chi connectivity index (χ3n) is 5.96. The van der Waals surface area contributed by atoms with E-state index in [0.717, 1.165) is 46.3 Å². The highest BCUT2D eigenvalue weighted by Gasteiger charge is 2.28. The average Bonchev–Trinajstić information content (AvgIpc) is 3.44. The van der Waals surface area contributed by atoms with Gasteiger partial charge in [-0.3, -0.25) is 4.68 Å². The third kappa shape index (κ3) is 3.27. The monoisotopic (exact) mass is 410 g/mol. The first-order valence-corrected chi connectivity index (χ1v) is 10.2. The van der Waals surface area contributed by atoms with Gasteiger partial charge in [-0.15, -0.1) is 0 Å². The van der Waals surface area contributed by atoms with Crippen LogP contribution in [0.3, 0.4) is 0 Å². The van der Waals surface area contributed by atoms with E-state index in [0.29, 0.717) is 17.9 Å². The van der Waals surface area contributed by atoms with Crippen molar-refractivity contribution in [2.24, 2.45) is 7.05 Å². The van der Waals surface area contributed by atoms with E-state index < -0.39 is 0 Å². The number of benzene rings is 1. The Balaban J connectivity index is 1.55. The first-order chi connectivity index (χ1) is 15.0. The maximum Gasteiger partial charge on any atom is 0.147 e. The molecular formula is C23H22N8. The highest BCUT2D eigenvalue weighted by molar-refractivity contribution is 5.93. The minimum absolute atomic E-state index is 0.144. The summed E-state index contributed by atoms with van der Waals surface area (Å²) >= 11 is 0. The summed E-state index contributed by atoms with van der Waals surface area (Å²) in [6.07, 6.45) is 3.02. The van der Waals surface area contributed by atoms with Gasteiger partial charge in [-0.2, -0.15) is 10.4 Å². The summed E-state index contributed by atoms with van der Waals surface area (Å²) in [7, 11) is 2.00. The maximum absolute atomic E-state index is 9.00. The molecule has 1 aliphatic heterocycles. The number of fused-ring (bicyclic) bond motifs is 2. The van der Waals surface area contributed by atoms with Crippen LogP contribution in [0.15, 0.2) is 30.5 Å². The lowest BCUT2D eigenvalue weighted by atomic mass is 10.1. The van der Waals surface area contributed by atoms with Gasteiger partial charge in [0.25, 0.3) is 0 Å². The molecule has 0 radical (unpaired) electrons. The molecule has 0 bridgehead atoms. The van der Waals surface area contributed by atoms with Crippen LogP contribution in [0.2, 0.25) is 0 Å². The molecule has 1 aliphatic rings. The summed E-state index contributed by atoms with van der Waals surface area (Å²) in [6.45, 7) is 2.74. The first-order valence-electron chi connectivity index (χ1n) is 10.2. The van der Waals surface area contributed by atoms with Gasteiger partial charge in [0.05, 0.1) is 40.5 Å². The second kappa shape index (κ2) is 7.42. The molecule has 0 saturated carbocycles. The number of imidazole rings is 1. The molecule has 8 nitrogen and oxygen atoms in total. The number of nitrogens with two attached hydrogens (primary N) is 1. The SMILES string of the molecule is Cc1nc2cc(C#Cc3nn([C@@H]4CN[C@@H](CC#N)C4)c4ccnc(N)c34)ccc2n1C. The fourth-order valence-electron chi connectivity index (χ4n) is 4.26. The van der Waals surface area contributed by atoms with E-state index >= 15 is 0 Å². The number of aromatic nitrogens is 5. The van der Waals surface area contributed by atoms with Gasteiger partial charge in [0.15, 0.2) is 0 Å². The molecule has 0 spiro atoms. The summed E-state index contributed by atoms with van der Waals surface area (Å²) in [5.74, 6) is 7.80. The molecule has 0 amide bonds. The summed E-state index contributed by atoms with van der Waals surface area (Å²) in [4.78, 5) is 8.83. The smallest absolute Gasteiger partial charge is 0.147 e. The Hall–Kier alpha value is -3.88. The zero-order valence-electron chi connectivity index (χ0n) is 17.4. The van der Waals surface area contributed by atoms with Crippen LogP contribution in [0.1, 0.15) is 36.0 Å². The topological polar surface area (TPSA) is 110 Å². The predicted molar refractivity (Wildman–Crippen MR) is 119 cm³/mol. The van der Waals surface area contributed by atoms with Crippen molar-refractivity contribution in [1.29, 1.82) is 5.26 Å². The van der Waals surface area contributed by atoms with E-state index in [4.69, 9.17) is 16.1 Å². The zero-order chi connectivity index (χ0) is 21.5. The van der Waals surface area contributed by atoms with Crippen LogP contribution < -0.4 is 11.1 Å². The summed E-state index contributed by atoms with van der Waals surface area (Å²) in [5.41, 5.74) is 10.6. The summed E-state index contributed by atoms with van der Waals surface area (Å²) < 4.78 is 4.04. The number of pyridine rings is 1. The van der Waals surface area contributed by atoms with Gasteiger partial charge in [-0.1, -0.05) is 5.92 Å². The number of rotatable bonds is 2. The lowest BCUT2D eigenvalue weighted by molar-refractivity contribution is 0.493. The van der Waals surface area contributed by atoms with Gasteiger partial charge in [0.2, 0.25) is 0 Å². The highest BCUT2D eigenvalue weighted by Crippen LogP contribution is 2.29. The van der Waals surface area contributed by atoms with E-state index in [1.807, 2.05) is 42.9 Å². The maximum atomic E-state index is 9.00. The van der Waals surface area contributed by atoms with E-state index in [-0.39, 0.29) is 12.1 Å². The Bertz CT molecular complexity index is 1410. The third-order valence-corrected chi connectivity index (χ3v) is 5.96. The van der Waals surface area contributed by atoms with Crippen LogP contribution in [0.4, 0.5) is 5.82 Å². The normalized spacial score (nSPS) is 18.2. The number of hydrogen-bond donors (Lipinski definition) is 2. The van der Waals surface area contributed by atoms with Crippen molar-refractivity contribution in [3.8, 4) is 17.9 Å². The molecule has 8 heteroatoms. The molecule has 3 N–H and O–H groups in total. The second-order valence-electron chi connectivity index (χ2n) is 7.91. The van der Waals surface area contributed by atoms with Gasteiger partial charge in [0, 0.05) is 31.4 Å². The molecule has 1 saturated heterocycles. The standard InChI is InChI=1S/C23H22N8/c1-14-28-19-11-15(4-6-20(19)30(14)2)3-5-18-22-21(8-10-26-23(22)25)31(29-18)17-12-16(7-9-24)27-13-17/h4,6,8,10-11,16-17,27H,7,12-13H2,1-2H3,(H2,25,26)/t16-,17-/m0/s1. The van der Waals surface area contributed by atoms with Gasteiger partial charge in [-0.25, -0.2) is 9.97 Å². The van der Waals surface area contributed by atoms with Gasteiger partial charge < -0.3 is 15.6 Å². The molecule has 0 unspecified atom stereocenters. The van der Waals surface area contributed by atoms with Crippen LogP contribution in [-0.2, 0) is 7.05 Å². The molecule has 5 rings (SSSR count). The Labute approximate surface area is 179 Å². The number of nitrogens with zero attached hydrogens (tertiary/aromatic N) is 6. The van der Waals surface area contributed by atoms with Crippen molar-refractivity contribution in [2.75, 3.05) is 12.3 Å². The van der Waals surface area contributed by atoms with Crippen LogP contribution >= 0.6 is 0 Å². The highest BCUT2D eigenvalue weighted by atomic mass is 15.3. The predicted octanol–water partition coefficient (Wildman–Crippen LogP) is 2.43. The van der Waals surface area contributed by atoms with Crippen molar-refractivity contribution < 1.29 is 0 Å². The largest absolute Gasteiger partial charge is 0.383 e. The Morgan fingerprint density at radius 2 is 2.13 bits per heavy atom. The lowest BCUT2D eigenvalue weighted by Gasteiger charge is -2.10. The van der Waals surface area contributed by atoms with Crippen molar-refractivity contribution >= 4 is 27.8 Å². The molecular weight excluding hydrogens is 388 g/mol. The molecule has 0 aliphatic carbocycles. The van der Waals surface area contributed by atoms with Crippen LogP contribution in [-0.4, -0.2) is 36.9 Å². The van der Waals surface area contributed by atoms with E-state index in [1.54, 1.807) is 6.20 Å². The van der Waals surface area contributed by atoms with Gasteiger partial charge in [0.1, 0.15) is 17.3 Å². The van der Waals surface area contributed by atoms with Gasteiger partial charge >= 0.3 is 0 Å². The quantitative estimate of drug-likeness (QED) is 0.491. The van der Waals surface area contributed by atoms with Crippen LogP contribution in [0, 0.1) is 30.1 Å². The van der Waals surface area contributed by atoms with Crippen molar-refractivity contribution in [2.45, 2.75) is 31.8 Å². The number of nitrogen functional groups attached to an aromatic ring is 1. The summed E-state index contributed by atoms with van der Waals surface area (Å²) in [5, 5.41) is 18.0. The van der Waals surface area contributed by atoms with Gasteiger partial charge in [-0.05, 0) is 43.5 Å². The van der Waals surface area contributed by atoms with E-state index in [1.165, 1.54) is 0 Å². The molecule has 4 heterocycles. The Kier molecular flexibility index (Phi) is 4.58. The molecule has 154 valence electrons. The van der Waals surface area contributed by atoms with Crippen LogP contribution in [0.25, 0.3) is 21.9 Å². The fourth-order valence-corrected chi connectivity index (χ4v) is 4.26. The number of anilines is 1. The number of aryl methyl sites for hydroxylation is 2. The Morgan fingerprint density at radius 3 is 2.97 bits per heavy atom. The zero-order valence-corrected chi connectivity index (χ0v) is 17.4. The summed E-state index contributed by atoms with van der Waals surface area (Å²) in [6, 6.07) is 10.5. The number of nitriles is 1. The van der Waals surface area contributed by atoms with E-state index in [9.17, 15) is 0 Å². The van der Waals surface area contributed by atoms with Crippen molar-refractivity contribution in [3.05, 3.63) is 47.5 Å². The fraction of sp³-hybridized carbons (Fsp3) is 0.304. The molecule has 2 atom stereocenters.